The van der Waals surface area contributed by atoms with Gasteiger partial charge in [0, 0.05) is 17.9 Å². The molecule has 4 aliphatic carbocycles. The average molecular weight is 288 g/mol. The maximum absolute atomic E-state index is 11.8. The summed E-state index contributed by atoms with van der Waals surface area (Å²) < 4.78 is 0. The summed E-state index contributed by atoms with van der Waals surface area (Å²) in [5.41, 5.74) is 0.439. The van der Waals surface area contributed by atoms with Crippen molar-refractivity contribution in [2.45, 2.75) is 65.2 Å². The molecule has 1 N–H and O–H groups in total. The van der Waals surface area contributed by atoms with Crippen molar-refractivity contribution in [1.82, 2.24) is 0 Å². The van der Waals surface area contributed by atoms with Gasteiger partial charge in [0.15, 0.2) is 5.78 Å². The topological polar surface area (TPSA) is 37.3 Å². The maximum Gasteiger partial charge on any atom is 0.159 e. The second kappa shape index (κ2) is 4.36. The van der Waals surface area contributed by atoms with Gasteiger partial charge >= 0.3 is 0 Å². The smallest absolute Gasteiger partial charge is 0.159 e. The molecule has 0 aromatic heterocycles. The normalized spacial score (nSPS) is 52.7. The van der Waals surface area contributed by atoms with Gasteiger partial charge in [0.1, 0.15) is 5.76 Å². The maximum atomic E-state index is 11.8. The molecule has 4 rings (SSSR count). The number of hydrogen-bond acceptors (Lipinski definition) is 2. The van der Waals surface area contributed by atoms with Crippen molar-refractivity contribution >= 4 is 5.78 Å². The molecule has 6 atom stereocenters. The van der Waals surface area contributed by atoms with Crippen molar-refractivity contribution in [2.75, 3.05) is 0 Å². The van der Waals surface area contributed by atoms with Crippen molar-refractivity contribution in [3.63, 3.8) is 0 Å². The third kappa shape index (κ3) is 1.74. The van der Waals surface area contributed by atoms with Gasteiger partial charge in [-0.1, -0.05) is 20.3 Å². The molecular weight excluding hydrogens is 260 g/mol. The van der Waals surface area contributed by atoms with E-state index in [1.807, 2.05) is 0 Å². The van der Waals surface area contributed by atoms with E-state index in [2.05, 4.69) is 13.8 Å². The van der Waals surface area contributed by atoms with Crippen LogP contribution < -0.4 is 0 Å². The van der Waals surface area contributed by atoms with Crippen LogP contribution in [0.25, 0.3) is 0 Å². The van der Waals surface area contributed by atoms with Crippen LogP contribution in [-0.2, 0) is 4.79 Å². The van der Waals surface area contributed by atoms with Crippen LogP contribution in [-0.4, -0.2) is 10.9 Å². The summed E-state index contributed by atoms with van der Waals surface area (Å²) >= 11 is 0. The van der Waals surface area contributed by atoms with Gasteiger partial charge in [0.25, 0.3) is 0 Å². The van der Waals surface area contributed by atoms with Crippen molar-refractivity contribution in [1.29, 1.82) is 0 Å². The molecule has 4 aliphatic rings. The highest BCUT2D eigenvalue weighted by atomic mass is 16.3. The van der Waals surface area contributed by atoms with Crippen molar-refractivity contribution in [2.24, 2.45) is 34.5 Å². The number of carbonyl (C=O) groups is 1. The van der Waals surface area contributed by atoms with E-state index in [1.165, 1.54) is 38.5 Å². The van der Waals surface area contributed by atoms with E-state index >= 15 is 0 Å². The summed E-state index contributed by atoms with van der Waals surface area (Å²) in [7, 11) is 0. The van der Waals surface area contributed by atoms with Gasteiger partial charge in [0.05, 0.1) is 0 Å². The Morgan fingerprint density at radius 3 is 2.71 bits per heavy atom. The van der Waals surface area contributed by atoms with Crippen LogP contribution >= 0.6 is 0 Å². The van der Waals surface area contributed by atoms with Gasteiger partial charge in [-0.15, -0.1) is 0 Å². The number of aliphatic hydroxyl groups excluding tert-OH is 1. The minimum Gasteiger partial charge on any atom is -0.512 e. The first kappa shape index (κ1) is 13.8. The first-order valence-electron chi connectivity index (χ1n) is 8.89. The number of ketones is 1. The quantitative estimate of drug-likeness (QED) is 0.704. The fraction of sp³-hybridized carbons (Fsp3) is 0.842. The van der Waals surface area contributed by atoms with Gasteiger partial charge in [-0.05, 0) is 67.6 Å². The Morgan fingerprint density at radius 1 is 1.10 bits per heavy atom. The molecule has 0 aromatic rings. The summed E-state index contributed by atoms with van der Waals surface area (Å²) in [6.45, 7) is 4.76. The van der Waals surface area contributed by atoms with Crippen LogP contribution in [0.1, 0.15) is 65.2 Å². The molecule has 0 heterocycles. The molecule has 2 heteroatoms. The molecule has 0 radical (unpaired) electrons. The predicted octanol–water partition coefficient (Wildman–Crippen LogP) is 4.65. The molecular formula is C19H28O2. The predicted molar refractivity (Wildman–Crippen MR) is 82.8 cm³/mol. The van der Waals surface area contributed by atoms with E-state index in [1.54, 1.807) is 6.08 Å². The average Bonchev–Trinajstić information content (AvgIpc) is 2.82. The molecule has 0 saturated heterocycles. The Morgan fingerprint density at radius 2 is 1.90 bits per heavy atom. The van der Waals surface area contributed by atoms with Gasteiger partial charge in [-0.3, -0.25) is 4.79 Å². The SMILES string of the molecule is C[C@@]12CCC[C@H]1[C@@H]1CCC3CC(=O)C=C(O)[C@]3(C)[C@H]1CC2. The van der Waals surface area contributed by atoms with E-state index in [-0.39, 0.29) is 11.2 Å². The van der Waals surface area contributed by atoms with Crippen LogP contribution in [0, 0.1) is 34.5 Å². The largest absolute Gasteiger partial charge is 0.512 e. The highest BCUT2D eigenvalue weighted by molar-refractivity contribution is 5.91. The third-order valence-corrected chi connectivity index (χ3v) is 7.98. The molecule has 2 nitrogen and oxygen atoms in total. The monoisotopic (exact) mass is 288 g/mol. The number of aliphatic hydroxyl groups is 1. The van der Waals surface area contributed by atoms with E-state index in [4.69, 9.17) is 0 Å². The van der Waals surface area contributed by atoms with E-state index < -0.39 is 0 Å². The van der Waals surface area contributed by atoms with Crippen LogP contribution in [0.5, 0.6) is 0 Å². The molecule has 0 bridgehead atoms. The summed E-state index contributed by atoms with van der Waals surface area (Å²) in [5, 5.41) is 10.6. The second-order valence-corrected chi connectivity index (χ2v) is 8.72. The summed E-state index contributed by atoms with van der Waals surface area (Å²) in [6, 6.07) is 0. The second-order valence-electron chi connectivity index (χ2n) is 8.72. The van der Waals surface area contributed by atoms with Crippen LogP contribution in [0.4, 0.5) is 0 Å². The van der Waals surface area contributed by atoms with Gasteiger partial charge < -0.3 is 5.11 Å². The zero-order valence-corrected chi connectivity index (χ0v) is 13.4. The van der Waals surface area contributed by atoms with Crippen molar-refractivity contribution in [3.8, 4) is 0 Å². The van der Waals surface area contributed by atoms with Gasteiger partial charge in [-0.2, -0.15) is 0 Å². The van der Waals surface area contributed by atoms with Crippen LogP contribution in [0.2, 0.25) is 0 Å². The number of hydrogen-bond donors (Lipinski definition) is 1. The zero-order chi connectivity index (χ0) is 14.8. The number of allylic oxidation sites excluding steroid dienone is 2. The minimum atomic E-state index is -0.124. The van der Waals surface area contributed by atoms with E-state index in [9.17, 15) is 9.90 Å². The van der Waals surface area contributed by atoms with E-state index in [0.717, 1.165) is 18.3 Å². The lowest BCUT2D eigenvalue weighted by Crippen LogP contribution is -2.53. The third-order valence-electron chi connectivity index (χ3n) is 7.98. The van der Waals surface area contributed by atoms with E-state index in [0.29, 0.717) is 29.4 Å². The highest BCUT2D eigenvalue weighted by Crippen LogP contribution is 2.66. The Labute approximate surface area is 128 Å². The molecule has 3 saturated carbocycles. The minimum absolute atomic E-state index is 0.124. The summed E-state index contributed by atoms with van der Waals surface area (Å²) in [5.74, 6) is 3.14. The van der Waals surface area contributed by atoms with Crippen molar-refractivity contribution in [3.05, 3.63) is 11.8 Å². The van der Waals surface area contributed by atoms with Crippen LogP contribution in [0.3, 0.4) is 0 Å². The molecule has 0 amide bonds. The fourth-order valence-corrected chi connectivity index (χ4v) is 6.75. The lowest BCUT2D eigenvalue weighted by atomic mass is 9.46. The first-order valence-corrected chi connectivity index (χ1v) is 8.89. The summed E-state index contributed by atoms with van der Waals surface area (Å²) in [4.78, 5) is 11.8. The van der Waals surface area contributed by atoms with Crippen molar-refractivity contribution < 1.29 is 9.90 Å². The lowest BCUT2D eigenvalue weighted by Gasteiger charge is -2.58. The van der Waals surface area contributed by atoms with Gasteiger partial charge in [0.2, 0.25) is 0 Å². The molecule has 0 aromatic carbocycles. The number of rotatable bonds is 0. The zero-order valence-electron chi connectivity index (χ0n) is 13.4. The lowest BCUT2D eigenvalue weighted by molar-refractivity contribution is -0.126. The Hall–Kier alpha value is -0.790. The molecule has 116 valence electrons. The molecule has 0 aliphatic heterocycles. The fourth-order valence-electron chi connectivity index (χ4n) is 6.75. The van der Waals surface area contributed by atoms with Crippen LogP contribution in [0.15, 0.2) is 11.8 Å². The highest BCUT2D eigenvalue weighted by Gasteiger charge is 2.59. The number of fused-ring (bicyclic) bond motifs is 5. The molecule has 1 unspecified atom stereocenters. The Bertz CT molecular complexity index is 508. The molecule has 0 spiro atoms. The Balaban J connectivity index is 1.72. The molecule has 21 heavy (non-hydrogen) atoms. The molecule has 3 fully saturated rings. The first-order chi connectivity index (χ1) is 9.95. The van der Waals surface area contributed by atoms with Gasteiger partial charge in [-0.25, -0.2) is 0 Å². The number of carbonyl (C=O) groups excluding carboxylic acids is 1. The Kier molecular flexibility index (Phi) is 2.88. The standard InChI is InChI=1S/C19H28O2/c1-18-8-3-4-15(18)14-6-5-12-10-13(20)11-17(21)19(12,2)16(14)7-9-18/h11-12,14-16,21H,3-10H2,1-2H3/t12?,14-,15-,16-,18-,19-/m0/s1. The summed E-state index contributed by atoms with van der Waals surface area (Å²) in [6.07, 6.45) is 11.4.